The lowest BCUT2D eigenvalue weighted by Crippen LogP contribution is -2.54. The van der Waals surface area contributed by atoms with Gasteiger partial charge in [-0.2, -0.15) is 0 Å². The number of halogens is 1. The van der Waals surface area contributed by atoms with Gasteiger partial charge in [0.05, 0.1) is 30.3 Å². The molecule has 8 N–H and O–H groups in total. The molecule has 0 saturated carbocycles. The van der Waals surface area contributed by atoms with Crippen molar-refractivity contribution in [1.29, 1.82) is 0 Å². The highest BCUT2D eigenvalue weighted by Crippen LogP contribution is 2.37. The number of amides is 4. The van der Waals surface area contributed by atoms with E-state index >= 15 is 0 Å². The molecule has 1 aromatic heterocycles. The SMILES string of the molecule is CNC(=O)CNC(=O)C1CN(C(=O)Cc2c[nH]c3cc(Cl)ccc23)CC2CN(C(=O)c3ccc(NN)c(N)c3)CC21. The number of nitrogens with one attached hydrogen (secondary N) is 4. The largest absolute Gasteiger partial charge is 0.397 e. The van der Waals surface area contributed by atoms with E-state index in [4.69, 9.17) is 23.2 Å². The Hall–Kier alpha value is -4.29. The number of nitrogen functional groups attached to an aromatic ring is 2. The van der Waals surface area contributed by atoms with Gasteiger partial charge in [0.25, 0.3) is 5.91 Å². The lowest BCUT2D eigenvalue weighted by atomic mass is 9.79. The minimum atomic E-state index is -0.587. The van der Waals surface area contributed by atoms with Crippen LogP contribution in [0, 0.1) is 17.8 Å². The number of nitrogens with zero attached hydrogens (tertiary/aromatic N) is 2. The molecule has 0 aliphatic carbocycles. The van der Waals surface area contributed by atoms with Crippen LogP contribution < -0.4 is 27.6 Å². The first-order chi connectivity index (χ1) is 19.7. The topological polar surface area (TPSA) is 179 Å². The van der Waals surface area contributed by atoms with Gasteiger partial charge in [0.1, 0.15) is 0 Å². The van der Waals surface area contributed by atoms with Crippen LogP contribution in [-0.2, 0) is 20.8 Å². The number of rotatable bonds is 7. The van der Waals surface area contributed by atoms with E-state index in [1.54, 1.807) is 46.3 Å². The Kier molecular flexibility index (Phi) is 8.04. The highest BCUT2D eigenvalue weighted by Gasteiger charge is 2.47. The summed E-state index contributed by atoms with van der Waals surface area (Å²) in [4.78, 5) is 58.7. The van der Waals surface area contributed by atoms with Crippen molar-refractivity contribution in [2.45, 2.75) is 6.42 Å². The van der Waals surface area contributed by atoms with E-state index in [0.29, 0.717) is 41.6 Å². The molecule has 2 aliphatic rings. The molecule has 0 spiro atoms. The van der Waals surface area contributed by atoms with Crippen LogP contribution in [0.15, 0.2) is 42.6 Å². The fraction of sp³-hybridized carbons (Fsp3) is 0.357. The van der Waals surface area contributed by atoms with E-state index in [2.05, 4.69) is 21.0 Å². The Labute approximate surface area is 241 Å². The van der Waals surface area contributed by atoms with Gasteiger partial charge in [-0.1, -0.05) is 17.7 Å². The molecule has 0 bridgehead atoms. The van der Waals surface area contributed by atoms with Crippen LogP contribution in [-0.4, -0.2) is 78.2 Å². The number of likely N-dealkylation sites (N-methyl/N-ethyl adjacent to an activating group) is 1. The van der Waals surface area contributed by atoms with Gasteiger partial charge >= 0.3 is 0 Å². The number of carbonyl (C=O) groups is 4. The Balaban J connectivity index is 1.35. The molecular weight excluding hydrogens is 548 g/mol. The highest BCUT2D eigenvalue weighted by molar-refractivity contribution is 6.31. The van der Waals surface area contributed by atoms with Crippen LogP contribution in [0.5, 0.6) is 0 Å². The lowest BCUT2D eigenvalue weighted by Gasteiger charge is -2.39. The zero-order valence-electron chi connectivity index (χ0n) is 22.6. The van der Waals surface area contributed by atoms with Crippen molar-refractivity contribution < 1.29 is 19.2 Å². The van der Waals surface area contributed by atoms with Crippen molar-refractivity contribution in [1.82, 2.24) is 25.4 Å². The molecular formula is C28H33ClN8O4. The van der Waals surface area contributed by atoms with E-state index in [1.165, 1.54) is 7.05 Å². The third-order valence-electron chi connectivity index (χ3n) is 8.08. The average molecular weight is 581 g/mol. The predicted octanol–water partition coefficient (Wildman–Crippen LogP) is 0.941. The fourth-order valence-corrected chi connectivity index (χ4v) is 6.07. The number of hydrazine groups is 1. The summed E-state index contributed by atoms with van der Waals surface area (Å²) < 4.78 is 0. The maximum absolute atomic E-state index is 13.6. The molecule has 2 aliphatic heterocycles. The van der Waals surface area contributed by atoms with Crippen LogP contribution >= 0.6 is 11.6 Å². The number of benzene rings is 2. The van der Waals surface area contributed by atoms with Gasteiger partial charge in [-0.15, -0.1) is 0 Å². The van der Waals surface area contributed by atoms with Gasteiger partial charge < -0.3 is 36.6 Å². The van der Waals surface area contributed by atoms with Gasteiger partial charge in [-0.05, 0) is 47.7 Å². The fourth-order valence-electron chi connectivity index (χ4n) is 5.90. The number of H-pyrrole nitrogens is 1. The minimum absolute atomic E-state index is 0.114. The van der Waals surface area contributed by atoms with Crippen molar-refractivity contribution in [3.63, 3.8) is 0 Å². The molecule has 13 heteroatoms. The summed E-state index contributed by atoms with van der Waals surface area (Å²) in [6.45, 7) is 1.18. The Morgan fingerprint density at radius 3 is 2.56 bits per heavy atom. The third kappa shape index (κ3) is 5.79. The standard InChI is InChI=1S/C28H33ClN8O4/c1-32-25(38)10-34-27(40)21-14-36(26(39)7-16-9-33-24-8-18(29)3-4-19(16)24)11-17-12-37(13-20(17)21)28(41)15-2-5-23(35-31)22(30)6-15/h2-6,8-9,17,20-21,33,35H,7,10-14,30-31H2,1H3,(H,32,38)(H,34,40). The molecule has 5 rings (SSSR count). The molecule has 2 saturated heterocycles. The molecule has 2 fully saturated rings. The number of anilines is 2. The maximum Gasteiger partial charge on any atom is 0.253 e. The number of likely N-dealkylation sites (tertiary alicyclic amines) is 2. The first-order valence-corrected chi connectivity index (χ1v) is 13.7. The number of nitrogens with two attached hydrogens (primary N) is 2. The smallest absolute Gasteiger partial charge is 0.253 e. The van der Waals surface area contributed by atoms with Crippen molar-refractivity contribution >= 4 is 57.5 Å². The van der Waals surface area contributed by atoms with Gasteiger partial charge in [-0.3, -0.25) is 25.0 Å². The number of hydrogen-bond acceptors (Lipinski definition) is 7. The molecule has 2 aromatic carbocycles. The van der Waals surface area contributed by atoms with Crippen LogP contribution in [0.3, 0.4) is 0 Å². The van der Waals surface area contributed by atoms with Crippen molar-refractivity contribution in [3.8, 4) is 0 Å². The number of carbonyl (C=O) groups excluding carboxylic acids is 4. The first kappa shape index (κ1) is 28.2. The molecule has 41 heavy (non-hydrogen) atoms. The zero-order valence-corrected chi connectivity index (χ0v) is 23.3. The van der Waals surface area contributed by atoms with Crippen molar-refractivity contribution in [3.05, 3.63) is 58.7 Å². The molecule has 216 valence electrons. The second-order valence-electron chi connectivity index (χ2n) is 10.6. The number of piperidine rings is 1. The van der Waals surface area contributed by atoms with Gasteiger partial charge in [0, 0.05) is 60.9 Å². The molecule has 0 radical (unpaired) electrons. The molecule has 3 atom stereocenters. The summed E-state index contributed by atoms with van der Waals surface area (Å²) in [5.41, 5.74) is 11.4. The molecule has 3 heterocycles. The predicted molar refractivity (Wildman–Crippen MR) is 156 cm³/mol. The van der Waals surface area contributed by atoms with Crippen LogP contribution in [0.2, 0.25) is 5.02 Å². The first-order valence-electron chi connectivity index (χ1n) is 13.4. The third-order valence-corrected chi connectivity index (χ3v) is 8.32. The normalized spacial score (nSPS) is 20.0. The summed E-state index contributed by atoms with van der Waals surface area (Å²) >= 11 is 6.10. The Morgan fingerprint density at radius 1 is 1.05 bits per heavy atom. The summed E-state index contributed by atoms with van der Waals surface area (Å²) in [5, 5.41) is 6.69. The van der Waals surface area contributed by atoms with Crippen molar-refractivity contribution in [2.75, 3.05) is 50.9 Å². The number of aromatic nitrogens is 1. The molecule has 12 nitrogen and oxygen atoms in total. The number of fused-ring (bicyclic) bond motifs is 2. The Bertz CT molecular complexity index is 1510. The van der Waals surface area contributed by atoms with Crippen molar-refractivity contribution in [2.24, 2.45) is 23.6 Å². The monoisotopic (exact) mass is 580 g/mol. The summed E-state index contributed by atoms with van der Waals surface area (Å²) in [7, 11) is 1.49. The van der Waals surface area contributed by atoms with Crippen LogP contribution in [0.25, 0.3) is 10.9 Å². The van der Waals surface area contributed by atoms with Gasteiger partial charge in [0.15, 0.2) is 0 Å². The maximum atomic E-state index is 13.6. The van der Waals surface area contributed by atoms with Gasteiger partial charge in [0.2, 0.25) is 17.7 Å². The van der Waals surface area contributed by atoms with E-state index in [1.807, 2.05) is 6.07 Å². The Morgan fingerprint density at radius 2 is 1.83 bits per heavy atom. The number of aromatic amines is 1. The van der Waals surface area contributed by atoms with Crippen LogP contribution in [0.1, 0.15) is 15.9 Å². The van der Waals surface area contributed by atoms with Gasteiger partial charge in [-0.25, -0.2) is 0 Å². The average Bonchev–Trinajstić information content (AvgIpc) is 3.58. The molecule has 3 unspecified atom stereocenters. The summed E-state index contributed by atoms with van der Waals surface area (Å²) in [6, 6.07) is 10.3. The van der Waals surface area contributed by atoms with E-state index in [0.717, 1.165) is 16.5 Å². The lowest BCUT2D eigenvalue weighted by molar-refractivity contribution is -0.139. The zero-order chi connectivity index (χ0) is 29.3. The second kappa shape index (κ2) is 11.7. The van der Waals surface area contributed by atoms with E-state index in [-0.39, 0.29) is 55.0 Å². The number of hydrogen-bond donors (Lipinski definition) is 6. The van der Waals surface area contributed by atoms with E-state index < -0.39 is 5.92 Å². The summed E-state index contributed by atoms with van der Waals surface area (Å²) in [6.07, 6.45) is 1.95. The van der Waals surface area contributed by atoms with E-state index in [9.17, 15) is 19.2 Å². The van der Waals surface area contributed by atoms with Crippen LogP contribution in [0.4, 0.5) is 11.4 Å². The quantitative estimate of drug-likeness (QED) is 0.137. The minimum Gasteiger partial charge on any atom is -0.397 e. The second-order valence-corrected chi connectivity index (χ2v) is 11.0. The highest BCUT2D eigenvalue weighted by atomic mass is 35.5. The summed E-state index contributed by atoms with van der Waals surface area (Å²) in [5.74, 6) is 3.61. The molecule has 3 aromatic rings. The molecule has 4 amide bonds.